The molecular weight excluding hydrogens is 154 g/mol. The molecule has 0 radical (unpaired) electrons. The summed E-state index contributed by atoms with van der Waals surface area (Å²) < 4.78 is 24.5. The molecule has 0 aromatic heterocycles. The van der Waals surface area contributed by atoms with Crippen molar-refractivity contribution in [3.8, 4) is 0 Å². The Hall–Kier alpha value is -0.390. The number of nitrogens with two attached hydrogens (primary N) is 1. The average Bonchev–Trinajstić information content (AvgIpc) is 1.78. The molecule has 4 nitrogen and oxygen atoms in total. The zero-order chi connectivity index (χ0) is 8.04. The summed E-state index contributed by atoms with van der Waals surface area (Å²) in [6.07, 6.45) is 3.04. The highest BCUT2D eigenvalue weighted by Crippen LogP contribution is 1.91. The average molecular weight is 165 g/mol. The van der Waals surface area contributed by atoms with Crippen LogP contribution < -0.4 is 5.14 Å². The first-order valence-electron chi connectivity index (χ1n) is 2.84. The summed E-state index contributed by atoms with van der Waals surface area (Å²) in [6, 6.07) is 0. The van der Waals surface area contributed by atoms with Crippen LogP contribution in [-0.2, 0) is 14.5 Å². The highest BCUT2D eigenvalue weighted by atomic mass is 32.2. The SMILES string of the molecule is C=CCCCOS(N)(=O)=O. The van der Waals surface area contributed by atoms with E-state index in [1.807, 2.05) is 0 Å². The molecule has 60 valence electrons. The molecule has 0 aromatic carbocycles. The van der Waals surface area contributed by atoms with Crippen LogP contribution in [0, 0.1) is 0 Å². The van der Waals surface area contributed by atoms with Crippen LogP contribution in [-0.4, -0.2) is 15.0 Å². The first kappa shape index (κ1) is 9.61. The van der Waals surface area contributed by atoms with Gasteiger partial charge in [-0.3, -0.25) is 4.18 Å². The highest BCUT2D eigenvalue weighted by Gasteiger charge is 1.98. The van der Waals surface area contributed by atoms with Crippen molar-refractivity contribution in [1.29, 1.82) is 0 Å². The van der Waals surface area contributed by atoms with E-state index in [1.165, 1.54) is 0 Å². The van der Waals surface area contributed by atoms with Crippen molar-refractivity contribution >= 4 is 10.3 Å². The van der Waals surface area contributed by atoms with Crippen molar-refractivity contribution < 1.29 is 12.6 Å². The van der Waals surface area contributed by atoms with Gasteiger partial charge in [-0.25, -0.2) is 5.14 Å². The minimum atomic E-state index is -3.74. The van der Waals surface area contributed by atoms with Crippen molar-refractivity contribution in [3.05, 3.63) is 12.7 Å². The zero-order valence-electron chi connectivity index (χ0n) is 5.62. The number of allylic oxidation sites excluding steroid dienone is 1. The Labute approximate surface area is 60.9 Å². The third-order valence-electron chi connectivity index (χ3n) is 0.800. The third-order valence-corrected chi connectivity index (χ3v) is 1.30. The van der Waals surface area contributed by atoms with E-state index in [9.17, 15) is 8.42 Å². The maximum Gasteiger partial charge on any atom is 0.333 e. The zero-order valence-corrected chi connectivity index (χ0v) is 6.43. The topological polar surface area (TPSA) is 69.4 Å². The second-order valence-corrected chi connectivity index (χ2v) is 2.97. The molecule has 0 aliphatic rings. The molecular formula is C5H11NO3S. The molecule has 0 aromatic rings. The standard InChI is InChI=1S/C5H11NO3S/c1-2-3-4-5-9-10(6,7)8/h2H,1,3-5H2,(H2,6,7,8). The molecule has 2 N–H and O–H groups in total. The fourth-order valence-electron chi connectivity index (χ4n) is 0.403. The second-order valence-electron chi connectivity index (χ2n) is 1.75. The lowest BCUT2D eigenvalue weighted by atomic mass is 10.3. The Bertz CT molecular complexity index is 185. The van der Waals surface area contributed by atoms with Crippen molar-refractivity contribution in [2.24, 2.45) is 5.14 Å². The molecule has 0 saturated carbocycles. The van der Waals surface area contributed by atoms with E-state index < -0.39 is 10.3 Å². The van der Waals surface area contributed by atoms with Crippen LogP contribution in [0.3, 0.4) is 0 Å². The number of hydrogen-bond acceptors (Lipinski definition) is 3. The molecule has 10 heavy (non-hydrogen) atoms. The van der Waals surface area contributed by atoms with Crippen LogP contribution in [0.5, 0.6) is 0 Å². The van der Waals surface area contributed by atoms with Gasteiger partial charge in [-0.1, -0.05) is 6.08 Å². The van der Waals surface area contributed by atoms with Gasteiger partial charge in [0.05, 0.1) is 6.61 Å². The molecule has 0 bridgehead atoms. The van der Waals surface area contributed by atoms with E-state index in [-0.39, 0.29) is 6.61 Å². The van der Waals surface area contributed by atoms with Crippen LogP contribution in [0.2, 0.25) is 0 Å². The molecule has 0 amide bonds. The van der Waals surface area contributed by atoms with E-state index in [4.69, 9.17) is 0 Å². The maximum absolute atomic E-state index is 10.1. The smallest absolute Gasteiger partial charge is 0.258 e. The van der Waals surface area contributed by atoms with Gasteiger partial charge in [0.1, 0.15) is 0 Å². The van der Waals surface area contributed by atoms with E-state index in [0.717, 1.165) is 6.42 Å². The predicted octanol–water partition coefficient (Wildman–Crippen LogP) is 0.173. The van der Waals surface area contributed by atoms with Crippen LogP contribution in [0.15, 0.2) is 12.7 Å². The van der Waals surface area contributed by atoms with E-state index in [1.54, 1.807) is 6.08 Å². The summed E-state index contributed by atoms with van der Waals surface area (Å²) in [6.45, 7) is 3.59. The molecule has 0 fully saturated rings. The molecule has 0 atom stereocenters. The van der Waals surface area contributed by atoms with E-state index in [2.05, 4.69) is 15.9 Å². The lowest BCUT2D eigenvalue weighted by Crippen LogP contribution is -2.16. The summed E-state index contributed by atoms with van der Waals surface area (Å²) >= 11 is 0. The number of hydrogen-bond donors (Lipinski definition) is 1. The Morgan fingerprint density at radius 3 is 2.60 bits per heavy atom. The van der Waals surface area contributed by atoms with Gasteiger partial charge >= 0.3 is 10.3 Å². The van der Waals surface area contributed by atoms with Crippen LogP contribution >= 0.6 is 0 Å². The van der Waals surface area contributed by atoms with E-state index >= 15 is 0 Å². The first-order valence-corrected chi connectivity index (χ1v) is 4.31. The number of rotatable bonds is 5. The fourth-order valence-corrected chi connectivity index (χ4v) is 0.753. The predicted molar refractivity (Wildman–Crippen MR) is 38.5 cm³/mol. The third kappa shape index (κ3) is 7.61. The largest absolute Gasteiger partial charge is 0.333 e. The molecule has 0 heterocycles. The van der Waals surface area contributed by atoms with Gasteiger partial charge < -0.3 is 0 Å². The summed E-state index contributed by atoms with van der Waals surface area (Å²) in [4.78, 5) is 0. The first-order chi connectivity index (χ1) is 4.56. The minimum absolute atomic E-state index is 0.130. The minimum Gasteiger partial charge on any atom is -0.258 e. The molecule has 0 saturated heterocycles. The van der Waals surface area contributed by atoms with E-state index in [0.29, 0.717) is 6.42 Å². The van der Waals surface area contributed by atoms with Gasteiger partial charge in [-0.05, 0) is 12.8 Å². The Balaban J connectivity index is 3.29. The van der Waals surface area contributed by atoms with Gasteiger partial charge in [0.15, 0.2) is 0 Å². The van der Waals surface area contributed by atoms with Crippen LogP contribution in [0.1, 0.15) is 12.8 Å². The Kier molecular flexibility index (Phi) is 4.26. The van der Waals surface area contributed by atoms with Gasteiger partial charge in [-0.2, -0.15) is 8.42 Å². The number of unbranched alkanes of at least 4 members (excludes halogenated alkanes) is 1. The van der Waals surface area contributed by atoms with Gasteiger partial charge in [0.25, 0.3) is 0 Å². The quantitative estimate of drug-likeness (QED) is 0.466. The molecule has 0 unspecified atom stereocenters. The van der Waals surface area contributed by atoms with Gasteiger partial charge in [0.2, 0.25) is 0 Å². The van der Waals surface area contributed by atoms with Crippen molar-refractivity contribution in [3.63, 3.8) is 0 Å². The second kappa shape index (κ2) is 4.43. The lowest BCUT2D eigenvalue weighted by molar-refractivity contribution is 0.314. The normalized spacial score (nSPS) is 11.3. The van der Waals surface area contributed by atoms with Crippen molar-refractivity contribution in [2.75, 3.05) is 6.61 Å². The van der Waals surface area contributed by atoms with Crippen molar-refractivity contribution in [2.45, 2.75) is 12.8 Å². The molecule has 0 spiro atoms. The van der Waals surface area contributed by atoms with Crippen LogP contribution in [0.25, 0.3) is 0 Å². The molecule has 0 rings (SSSR count). The lowest BCUT2D eigenvalue weighted by Gasteiger charge is -1.96. The highest BCUT2D eigenvalue weighted by molar-refractivity contribution is 7.84. The van der Waals surface area contributed by atoms with Gasteiger partial charge in [0, 0.05) is 0 Å². The van der Waals surface area contributed by atoms with Gasteiger partial charge in [-0.15, -0.1) is 6.58 Å². The molecule has 0 aliphatic carbocycles. The van der Waals surface area contributed by atoms with Crippen molar-refractivity contribution in [1.82, 2.24) is 0 Å². The molecule has 0 aliphatic heterocycles. The summed E-state index contributed by atoms with van der Waals surface area (Å²) in [5.74, 6) is 0. The maximum atomic E-state index is 10.1. The fraction of sp³-hybridized carbons (Fsp3) is 0.600. The van der Waals surface area contributed by atoms with Crippen LogP contribution in [0.4, 0.5) is 0 Å². The summed E-state index contributed by atoms with van der Waals surface area (Å²) in [5.41, 5.74) is 0. The molecule has 5 heteroatoms. The summed E-state index contributed by atoms with van der Waals surface area (Å²) in [5, 5.41) is 4.54. The monoisotopic (exact) mass is 165 g/mol. The summed E-state index contributed by atoms with van der Waals surface area (Å²) in [7, 11) is -3.74. The Morgan fingerprint density at radius 2 is 2.20 bits per heavy atom. The Morgan fingerprint density at radius 1 is 1.60 bits per heavy atom.